The number of fused-ring (bicyclic) bond motifs is 2. The maximum absolute atomic E-state index is 4.84. The summed E-state index contributed by atoms with van der Waals surface area (Å²) in [6.07, 6.45) is 9.05. The molecule has 7 heteroatoms. The maximum atomic E-state index is 4.84. The molecule has 4 aromatic rings. The molecule has 1 aromatic carbocycles. The van der Waals surface area contributed by atoms with E-state index in [-0.39, 0.29) is 0 Å². The molecule has 1 fully saturated rings. The van der Waals surface area contributed by atoms with Gasteiger partial charge in [-0.2, -0.15) is 5.10 Å². The first kappa shape index (κ1) is 21.9. The summed E-state index contributed by atoms with van der Waals surface area (Å²) in [4.78, 5) is 16.4. The van der Waals surface area contributed by atoms with Gasteiger partial charge in [0.05, 0.1) is 16.9 Å². The lowest BCUT2D eigenvalue weighted by atomic mass is 9.96. The normalized spacial score (nSPS) is 16.5. The number of likely N-dealkylation sites (tertiary alicyclic amines) is 1. The van der Waals surface area contributed by atoms with Gasteiger partial charge in [0, 0.05) is 53.5 Å². The summed E-state index contributed by atoms with van der Waals surface area (Å²) in [6.45, 7) is 6.40. The summed E-state index contributed by atoms with van der Waals surface area (Å²) in [5.41, 5.74) is 10.2. The zero-order valence-electron chi connectivity index (χ0n) is 20.8. The summed E-state index contributed by atoms with van der Waals surface area (Å²) >= 11 is 0. The Hall–Kier alpha value is -3.58. The summed E-state index contributed by atoms with van der Waals surface area (Å²) in [5, 5.41) is 9.38. The molecule has 1 N–H and O–H groups in total. The van der Waals surface area contributed by atoms with Crippen LogP contribution in [-0.4, -0.2) is 55.8 Å². The minimum absolute atomic E-state index is 0.442. The van der Waals surface area contributed by atoms with Crippen LogP contribution in [-0.2, 0) is 13.5 Å². The first-order valence-corrected chi connectivity index (χ1v) is 12.4. The number of benzene rings is 1. The smallest absolute Gasteiger partial charge is 0.137 e. The lowest BCUT2D eigenvalue weighted by Crippen LogP contribution is -2.36. The van der Waals surface area contributed by atoms with Crippen molar-refractivity contribution in [3.8, 4) is 11.1 Å². The summed E-state index contributed by atoms with van der Waals surface area (Å²) < 4.78 is 1.94. The highest BCUT2D eigenvalue weighted by Gasteiger charge is 2.22. The summed E-state index contributed by atoms with van der Waals surface area (Å²) in [7, 11) is 4.18. The first-order chi connectivity index (χ1) is 17.0. The molecule has 0 radical (unpaired) electrons. The van der Waals surface area contributed by atoms with E-state index in [1.807, 2.05) is 17.9 Å². The van der Waals surface area contributed by atoms with Gasteiger partial charge in [0.25, 0.3) is 0 Å². The van der Waals surface area contributed by atoms with E-state index in [1.165, 1.54) is 22.3 Å². The number of allylic oxidation sites excluding steroid dienone is 1. The molecule has 0 atom stereocenters. The largest absolute Gasteiger partial charge is 0.367 e. The molecule has 3 aromatic heterocycles. The number of pyridine rings is 1. The molecular formula is C28H31N7. The van der Waals surface area contributed by atoms with Gasteiger partial charge in [-0.3, -0.25) is 9.67 Å². The monoisotopic (exact) mass is 465 g/mol. The van der Waals surface area contributed by atoms with E-state index in [0.29, 0.717) is 6.04 Å². The lowest BCUT2D eigenvalue weighted by Gasteiger charge is -2.30. The van der Waals surface area contributed by atoms with Crippen molar-refractivity contribution in [2.45, 2.75) is 39.2 Å². The molecule has 7 nitrogen and oxygen atoms in total. The third-order valence-corrected chi connectivity index (χ3v) is 7.56. The van der Waals surface area contributed by atoms with Crippen LogP contribution in [0.5, 0.6) is 0 Å². The van der Waals surface area contributed by atoms with E-state index in [1.54, 1.807) is 6.33 Å². The Balaban J connectivity index is 1.37. The van der Waals surface area contributed by atoms with Gasteiger partial charge < -0.3 is 10.2 Å². The van der Waals surface area contributed by atoms with Gasteiger partial charge in [0.1, 0.15) is 12.1 Å². The standard InChI is InChI=1S/C28H31N7/c1-17-27(18(2)35(4)33-17)20-14-23-22(6-8-25(23)29-15-20)19-5-7-26-24(13-19)28(31-16-30-26)32-21-9-11-34(3)12-10-21/h5-7,13-16,21H,8-12H2,1-4H3,(H,30,31,32). The molecule has 1 aliphatic carbocycles. The number of hydrogen-bond donors (Lipinski definition) is 1. The Labute approximate surface area is 205 Å². The highest BCUT2D eigenvalue weighted by atomic mass is 15.3. The van der Waals surface area contributed by atoms with Crippen LogP contribution in [0.15, 0.2) is 42.9 Å². The number of nitrogens with one attached hydrogen (secondary N) is 1. The van der Waals surface area contributed by atoms with Gasteiger partial charge in [0.2, 0.25) is 0 Å². The number of anilines is 1. The zero-order chi connectivity index (χ0) is 24.1. The molecule has 1 saturated heterocycles. The van der Waals surface area contributed by atoms with Crippen molar-refractivity contribution in [1.82, 2.24) is 29.6 Å². The van der Waals surface area contributed by atoms with Gasteiger partial charge in [-0.05, 0) is 76.2 Å². The molecule has 0 saturated carbocycles. The molecule has 0 amide bonds. The van der Waals surface area contributed by atoms with E-state index >= 15 is 0 Å². The van der Waals surface area contributed by atoms with Crippen molar-refractivity contribution in [3.63, 3.8) is 0 Å². The Kier molecular flexibility index (Phi) is 5.37. The maximum Gasteiger partial charge on any atom is 0.137 e. The third kappa shape index (κ3) is 3.90. The van der Waals surface area contributed by atoms with Crippen LogP contribution in [0.4, 0.5) is 5.82 Å². The molecule has 6 rings (SSSR count). The van der Waals surface area contributed by atoms with E-state index in [9.17, 15) is 0 Å². The van der Waals surface area contributed by atoms with E-state index in [0.717, 1.165) is 71.7 Å². The van der Waals surface area contributed by atoms with Gasteiger partial charge in [-0.1, -0.05) is 12.1 Å². The van der Waals surface area contributed by atoms with Crippen LogP contribution in [0.2, 0.25) is 0 Å². The van der Waals surface area contributed by atoms with Crippen LogP contribution >= 0.6 is 0 Å². The molecule has 4 heterocycles. The number of hydrogen-bond acceptors (Lipinski definition) is 6. The second kappa shape index (κ2) is 8.57. The van der Waals surface area contributed by atoms with Crippen LogP contribution in [0.25, 0.3) is 27.6 Å². The molecule has 178 valence electrons. The second-order valence-corrected chi connectivity index (χ2v) is 9.89. The fraction of sp³-hybridized carbons (Fsp3) is 0.357. The van der Waals surface area contributed by atoms with Crippen molar-refractivity contribution in [1.29, 1.82) is 0 Å². The number of aryl methyl sites for hydroxylation is 2. The fourth-order valence-corrected chi connectivity index (χ4v) is 5.48. The Morgan fingerprint density at radius 1 is 0.971 bits per heavy atom. The topological polar surface area (TPSA) is 71.8 Å². The van der Waals surface area contributed by atoms with E-state index < -0.39 is 0 Å². The van der Waals surface area contributed by atoms with Crippen LogP contribution in [0.3, 0.4) is 0 Å². The van der Waals surface area contributed by atoms with Crippen LogP contribution < -0.4 is 5.32 Å². The second-order valence-electron chi connectivity index (χ2n) is 9.89. The Morgan fingerprint density at radius 3 is 2.57 bits per heavy atom. The average molecular weight is 466 g/mol. The molecule has 0 bridgehead atoms. The summed E-state index contributed by atoms with van der Waals surface area (Å²) in [6, 6.07) is 9.24. The number of aromatic nitrogens is 5. The van der Waals surface area contributed by atoms with Crippen molar-refractivity contribution < 1.29 is 0 Å². The predicted octanol–water partition coefficient (Wildman–Crippen LogP) is 4.54. The quantitative estimate of drug-likeness (QED) is 0.477. The van der Waals surface area contributed by atoms with Crippen molar-refractivity contribution in [3.05, 3.63) is 71.1 Å². The van der Waals surface area contributed by atoms with Crippen LogP contribution in [0.1, 0.15) is 41.1 Å². The highest BCUT2D eigenvalue weighted by Crippen LogP contribution is 2.37. The molecule has 35 heavy (non-hydrogen) atoms. The van der Waals surface area contributed by atoms with Crippen molar-refractivity contribution in [2.24, 2.45) is 7.05 Å². The average Bonchev–Trinajstić information content (AvgIpc) is 3.39. The van der Waals surface area contributed by atoms with E-state index in [2.05, 4.69) is 76.5 Å². The minimum Gasteiger partial charge on any atom is -0.367 e. The van der Waals surface area contributed by atoms with Crippen LogP contribution in [0, 0.1) is 13.8 Å². The molecule has 0 spiro atoms. The molecule has 0 unspecified atom stereocenters. The van der Waals surface area contributed by atoms with Gasteiger partial charge in [0.15, 0.2) is 0 Å². The Morgan fingerprint density at radius 2 is 1.80 bits per heavy atom. The number of piperidine rings is 1. The highest BCUT2D eigenvalue weighted by molar-refractivity contribution is 5.95. The Bertz CT molecular complexity index is 1460. The predicted molar refractivity (Wildman–Crippen MR) is 140 cm³/mol. The zero-order valence-corrected chi connectivity index (χ0v) is 20.8. The first-order valence-electron chi connectivity index (χ1n) is 12.4. The fourth-order valence-electron chi connectivity index (χ4n) is 5.48. The SMILES string of the molecule is Cc1nn(C)c(C)c1-c1cnc2c(c1)C(c1ccc3ncnc(NC4CCN(C)CC4)c3c1)=CC2. The molecule has 2 aliphatic rings. The van der Waals surface area contributed by atoms with Gasteiger partial charge in [-0.15, -0.1) is 0 Å². The van der Waals surface area contributed by atoms with E-state index in [4.69, 9.17) is 4.98 Å². The lowest BCUT2D eigenvalue weighted by molar-refractivity contribution is 0.264. The summed E-state index contributed by atoms with van der Waals surface area (Å²) in [5.74, 6) is 0.929. The number of rotatable bonds is 4. The van der Waals surface area contributed by atoms with Crippen molar-refractivity contribution in [2.75, 3.05) is 25.5 Å². The van der Waals surface area contributed by atoms with Crippen molar-refractivity contribution >= 4 is 22.3 Å². The molecular weight excluding hydrogens is 434 g/mol. The third-order valence-electron chi connectivity index (χ3n) is 7.56. The van der Waals surface area contributed by atoms with Gasteiger partial charge >= 0.3 is 0 Å². The minimum atomic E-state index is 0.442. The molecule has 1 aliphatic heterocycles. The number of nitrogens with zero attached hydrogens (tertiary/aromatic N) is 6. The van der Waals surface area contributed by atoms with Gasteiger partial charge in [-0.25, -0.2) is 9.97 Å².